The van der Waals surface area contributed by atoms with Crippen LogP contribution in [0.5, 0.6) is 0 Å². The average molecular weight is 349 g/mol. The molecule has 0 heterocycles. The third kappa shape index (κ3) is 4.76. The van der Waals surface area contributed by atoms with Crippen molar-refractivity contribution in [3.05, 3.63) is 71.3 Å². The quantitative estimate of drug-likeness (QED) is 0.568. The minimum absolute atomic E-state index is 0.172. The number of rotatable bonds is 7. The smallest absolute Gasteiger partial charge is 0.320 e. The highest BCUT2D eigenvalue weighted by Crippen LogP contribution is 2.56. The van der Waals surface area contributed by atoms with Gasteiger partial charge in [-0.05, 0) is 23.1 Å². The molecular weight excluding hydrogens is 329 g/mol. The van der Waals surface area contributed by atoms with Crippen molar-refractivity contribution in [3.8, 4) is 0 Å². The molecule has 0 spiro atoms. The molecule has 5 N–H and O–H groups in total. The lowest BCUT2D eigenvalue weighted by Crippen LogP contribution is -2.32. The van der Waals surface area contributed by atoms with Crippen LogP contribution in [0.25, 0.3) is 0 Å². The lowest BCUT2D eigenvalue weighted by Gasteiger charge is -2.19. The fourth-order valence-corrected chi connectivity index (χ4v) is 3.87. The molecule has 24 heavy (non-hydrogen) atoms. The summed E-state index contributed by atoms with van der Waals surface area (Å²) < 4.78 is 12.4. The predicted octanol–water partition coefficient (Wildman–Crippen LogP) is 2.10. The number of aliphatic carboxylic acids is 1. The fraction of sp³-hybridized carbons (Fsp3) is 0.235. The Balaban J connectivity index is 2.07. The summed E-state index contributed by atoms with van der Waals surface area (Å²) in [5, 5.41) is 18.9. The first-order valence-corrected chi connectivity index (χ1v) is 9.32. The SMILES string of the molecule is N[C@@H](Cc1ccc(CP(=O)(O)C(O)c2ccccc2)cc1)C(=O)O. The molecule has 0 aliphatic carbocycles. The molecule has 0 aliphatic heterocycles. The van der Waals surface area contributed by atoms with Gasteiger partial charge in [-0.3, -0.25) is 9.36 Å². The van der Waals surface area contributed by atoms with Gasteiger partial charge in [0.05, 0.1) is 6.16 Å². The molecule has 7 heteroatoms. The van der Waals surface area contributed by atoms with Crippen LogP contribution in [0.3, 0.4) is 0 Å². The zero-order valence-corrected chi connectivity index (χ0v) is 13.8. The molecule has 0 amide bonds. The van der Waals surface area contributed by atoms with Gasteiger partial charge < -0.3 is 20.8 Å². The molecule has 3 atom stereocenters. The van der Waals surface area contributed by atoms with Gasteiger partial charge in [0.15, 0.2) is 5.85 Å². The molecule has 2 aromatic rings. The minimum Gasteiger partial charge on any atom is -0.480 e. The lowest BCUT2D eigenvalue weighted by atomic mass is 10.1. The van der Waals surface area contributed by atoms with Crippen molar-refractivity contribution in [1.29, 1.82) is 0 Å². The highest BCUT2D eigenvalue weighted by atomic mass is 31.2. The number of nitrogens with two attached hydrogens (primary N) is 1. The van der Waals surface area contributed by atoms with Gasteiger partial charge in [0.2, 0.25) is 7.37 Å². The molecule has 0 aromatic heterocycles. The van der Waals surface area contributed by atoms with E-state index in [1.54, 1.807) is 54.6 Å². The van der Waals surface area contributed by atoms with Crippen molar-refractivity contribution in [2.24, 2.45) is 5.73 Å². The highest BCUT2D eigenvalue weighted by molar-refractivity contribution is 7.57. The van der Waals surface area contributed by atoms with E-state index in [9.17, 15) is 19.4 Å². The molecule has 0 radical (unpaired) electrons. The second-order valence-electron chi connectivity index (χ2n) is 5.66. The monoisotopic (exact) mass is 349 g/mol. The Morgan fingerprint density at radius 2 is 1.58 bits per heavy atom. The third-order valence-electron chi connectivity index (χ3n) is 3.68. The molecule has 0 aliphatic rings. The third-order valence-corrected chi connectivity index (χ3v) is 5.57. The fourth-order valence-electron chi connectivity index (χ4n) is 2.33. The molecule has 128 valence electrons. The van der Waals surface area contributed by atoms with Gasteiger partial charge in [0.25, 0.3) is 0 Å². The van der Waals surface area contributed by atoms with Crippen LogP contribution in [0.15, 0.2) is 54.6 Å². The first kappa shape index (κ1) is 18.4. The van der Waals surface area contributed by atoms with Gasteiger partial charge in [0.1, 0.15) is 6.04 Å². The number of benzene rings is 2. The van der Waals surface area contributed by atoms with Crippen LogP contribution in [-0.2, 0) is 21.9 Å². The number of carbonyl (C=O) groups is 1. The molecule has 6 nitrogen and oxygen atoms in total. The normalized spacial score (nSPS) is 16.1. The first-order valence-electron chi connectivity index (χ1n) is 7.40. The Morgan fingerprint density at radius 1 is 1.04 bits per heavy atom. The van der Waals surface area contributed by atoms with E-state index in [2.05, 4.69) is 0 Å². The number of hydrogen-bond acceptors (Lipinski definition) is 4. The number of carboxylic acid groups (broad SMARTS) is 1. The van der Waals surface area contributed by atoms with E-state index in [0.29, 0.717) is 11.1 Å². The van der Waals surface area contributed by atoms with E-state index >= 15 is 0 Å². The average Bonchev–Trinajstić information content (AvgIpc) is 2.56. The second-order valence-corrected chi connectivity index (χ2v) is 7.98. The van der Waals surface area contributed by atoms with Crippen molar-refractivity contribution in [2.45, 2.75) is 24.5 Å². The van der Waals surface area contributed by atoms with Gasteiger partial charge in [-0.15, -0.1) is 0 Å². The number of hydrogen-bond donors (Lipinski definition) is 4. The van der Waals surface area contributed by atoms with Gasteiger partial charge in [-0.2, -0.15) is 0 Å². The molecule has 0 saturated heterocycles. The zero-order chi connectivity index (χ0) is 17.7. The predicted molar refractivity (Wildman–Crippen MR) is 90.7 cm³/mol. The van der Waals surface area contributed by atoms with Crippen LogP contribution in [0, 0.1) is 0 Å². The molecule has 0 fully saturated rings. The Hall–Kier alpha value is -1.98. The molecule has 2 unspecified atom stereocenters. The molecule has 2 aromatic carbocycles. The first-order chi connectivity index (χ1) is 11.3. The van der Waals surface area contributed by atoms with Crippen LogP contribution >= 0.6 is 7.37 Å². The van der Waals surface area contributed by atoms with Crippen LogP contribution in [0.1, 0.15) is 22.5 Å². The zero-order valence-electron chi connectivity index (χ0n) is 12.9. The highest BCUT2D eigenvalue weighted by Gasteiger charge is 2.30. The Labute approximate surface area is 140 Å². The lowest BCUT2D eigenvalue weighted by molar-refractivity contribution is -0.138. The van der Waals surface area contributed by atoms with Crippen molar-refractivity contribution < 1.29 is 24.5 Å². The van der Waals surface area contributed by atoms with Crippen molar-refractivity contribution in [1.82, 2.24) is 0 Å². The standard InChI is InChI=1S/C17H20NO5P/c18-15(16(19)20)10-12-6-8-13(9-7-12)11-24(22,23)17(21)14-4-2-1-3-5-14/h1-9,15,17,21H,10-11,18H2,(H,19,20)(H,22,23)/t15-,17?/m0/s1. The van der Waals surface area contributed by atoms with Gasteiger partial charge in [-0.1, -0.05) is 54.6 Å². The largest absolute Gasteiger partial charge is 0.480 e. The maximum absolute atomic E-state index is 12.4. The van der Waals surface area contributed by atoms with E-state index in [1.165, 1.54) is 0 Å². The van der Waals surface area contributed by atoms with Crippen LogP contribution in [0.2, 0.25) is 0 Å². The Kier molecular flexibility index (Phi) is 5.91. The summed E-state index contributed by atoms with van der Waals surface area (Å²) in [6, 6.07) is 14.0. The molecule has 2 rings (SSSR count). The molecule has 0 saturated carbocycles. The topological polar surface area (TPSA) is 121 Å². The van der Waals surface area contributed by atoms with E-state index in [0.717, 1.165) is 5.56 Å². The van der Waals surface area contributed by atoms with Gasteiger partial charge >= 0.3 is 5.97 Å². The maximum Gasteiger partial charge on any atom is 0.320 e. The van der Waals surface area contributed by atoms with Gasteiger partial charge in [-0.25, -0.2) is 0 Å². The van der Waals surface area contributed by atoms with Crippen molar-refractivity contribution in [3.63, 3.8) is 0 Å². The summed E-state index contributed by atoms with van der Waals surface area (Å²) in [5.74, 6) is -2.52. The van der Waals surface area contributed by atoms with Crippen molar-refractivity contribution in [2.75, 3.05) is 0 Å². The summed E-state index contributed by atoms with van der Waals surface area (Å²) in [6.45, 7) is 0. The van der Waals surface area contributed by atoms with Crippen molar-refractivity contribution >= 4 is 13.3 Å². The summed E-state index contributed by atoms with van der Waals surface area (Å²) in [7, 11) is -3.85. The summed E-state index contributed by atoms with van der Waals surface area (Å²) >= 11 is 0. The Morgan fingerprint density at radius 3 is 2.12 bits per heavy atom. The number of aliphatic hydroxyl groups excluding tert-OH is 1. The summed E-state index contributed by atoms with van der Waals surface area (Å²) in [5.41, 5.74) is 7.18. The van der Waals surface area contributed by atoms with Crippen LogP contribution in [-0.4, -0.2) is 27.1 Å². The minimum atomic E-state index is -3.85. The summed E-state index contributed by atoms with van der Waals surface area (Å²) in [6.07, 6.45) is 0.00731. The van der Waals surface area contributed by atoms with E-state index in [4.69, 9.17) is 10.8 Å². The Bertz CT molecular complexity index is 732. The van der Waals surface area contributed by atoms with E-state index in [1.807, 2.05) is 0 Å². The number of carboxylic acids is 1. The van der Waals surface area contributed by atoms with Crippen LogP contribution in [0.4, 0.5) is 0 Å². The van der Waals surface area contributed by atoms with Gasteiger partial charge in [0, 0.05) is 0 Å². The maximum atomic E-state index is 12.4. The number of aliphatic hydroxyl groups is 1. The second kappa shape index (κ2) is 7.73. The molecule has 0 bridgehead atoms. The molecular formula is C17H20NO5P. The van der Waals surface area contributed by atoms with E-state index < -0.39 is 25.2 Å². The summed E-state index contributed by atoms with van der Waals surface area (Å²) in [4.78, 5) is 20.9. The van der Waals surface area contributed by atoms with Crippen LogP contribution < -0.4 is 5.73 Å². The van der Waals surface area contributed by atoms with E-state index in [-0.39, 0.29) is 12.6 Å².